The summed E-state index contributed by atoms with van der Waals surface area (Å²) in [6.07, 6.45) is -0.340. The summed E-state index contributed by atoms with van der Waals surface area (Å²) in [5.74, 6) is -0.382. The first-order valence-corrected chi connectivity index (χ1v) is 7.46. The molecule has 0 spiro atoms. The van der Waals surface area contributed by atoms with E-state index < -0.39 is 6.10 Å². The van der Waals surface area contributed by atoms with Gasteiger partial charge in [0.2, 0.25) is 0 Å². The van der Waals surface area contributed by atoms with Crippen LogP contribution in [0.15, 0.2) is 47.1 Å². The maximum Gasteiger partial charge on any atom is 0.338 e. The van der Waals surface area contributed by atoms with Crippen molar-refractivity contribution in [1.82, 2.24) is 4.98 Å². The number of aliphatic hydroxyl groups is 1. The van der Waals surface area contributed by atoms with E-state index in [1.165, 1.54) is 0 Å². The van der Waals surface area contributed by atoms with Crippen LogP contribution in [0.2, 0.25) is 0 Å². The molecule has 0 saturated heterocycles. The Morgan fingerprint density at radius 2 is 2.10 bits per heavy atom. The third kappa shape index (κ3) is 4.37. The van der Waals surface area contributed by atoms with Crippen molar-refractivity contribution in [1.29, 1.82) is 0 Å². The zero-order valence-electron chi connectivity index (χ0n) is 11.6. The second kappa shape index (κ2) is 7.33. The van der Waals surface area contributed by atoms with Gasteiger partial charge in [-0.2, -0.15) is 0 Å². The Kier molecular flexibility index (Phi) is 5.47. The number of halogens is 1. The molecule has 2 rings (SSSR count). The molecule has 0 saturated carbocycles. The lowest BCUT2D eigenvalue weighted by Gasteiger charge is -2.12. The number of hydrogen-bond donors (Lipinski definition) is 1. The van der Waals surface area contributed by atoms with Gasteiger partial charge in [0.25, 0.3) is 0 Å². The summed E-state index contributed by atoms with van der Waals surface area (Å²) in [7, 11) is 0. The molecule has 0 bridgehead atoms. The van der Waals surface area contributed by atoms with Gasteiger partial charge >= 0.3 is 5.97 Å². The normalized spacial score (nSPS) is 12.0. The highest BCUT2D eigenvalue weighted by Gasteiger charge is 2.13. The molecule has 1 heterocycles. The summed E-state index contributed by atoms with van der Waals surface area (Å²) in [4.78, 5) is 16.0. The summed E-state index contributed by atoms with van der Waals surface area (Å²) in [5, 5.41) is 10.3. The Bertz CT molecular complexity index is 630. The van der Waals surface area contributed by atoms with Gasteiger partial charge in [0.05, 0.1) is 18.3 Å². The van der Waals surface area contributed by atoms with E-state index in [4.69, 9.17) is 4.74 Å². The van der Waals surface area contributed by atoms with E-state index >= 15 is 0 Å². The number of pyridine rings is 1. The summed E-state index contributed by atoms with van der Waals surface area (Å²) in [6.45, 7) is 2.09. The fourth-order valence-electron chi connectivity index (χ4n) is 1.97. The van der Waals surface area contributed by atoms with Gasteiger partial charge in [-0.15, -0.1) is 0 Å². The van der Waals surface area contributed by atoms with Gasteiger partial charge in [0, 0.05) is 12.1 Å². The molecule has 0 aliphatic rings. The van der Waals surface area contributed by atoms with Crippen LogP contribution in [0.1, 0.15) is 34.6 Å². The van der Waals surface area contributed by atoms with Crippen LogP contribution >= 0.6 is 15.9 Å². The van der Waals surface area contributed by atoms with E-state index in [1.54, 1.807) is 31.2 Å². The summed E-state index contributed by atoms with van der Waals surface area (Å²) >= 11 is 3.30. The lowest BCUT2D eigenvalue weighted by molar-refractivity contribution is 0.0526. The molecule has 5 heteroatoms. The third-order valence-electron chi connectivity index (χ3n) is 2.96. The number of nitrogens with zero attached hydrogens (tertiary/aromatic N) is 1. The SMILES string of the molecule is CCOC(=O)c1cccc([C@@H](O)Cc2cccc(Br)n2)c1. The smallest absolute Gasteiger partial charge is 0.338 e. The molecule has 1 N–H and O–H groups in total. The number of carbonyl (C=O) groups excluding carboxylic acids is 1. The van der Waals surface area contributed by atoms with E-state index in [1.807, 2.05) is 18.2 Å². The minimum atomic E-state index is -0.721. The van der Waals surface area contributed by atoms with Crippen molar-refractivity contribution in [2.24, 2.45) is 0 Å². The van der Waals surface area contributed by atoms with Gasteiger partial charge in [-0.25, -0.2) is 9.78 Å². The second-order valence-electron chi connectivity index (χ2n) is 4.52. The number of aromatic nitrogens is 1. The zero-order chi connectivity index (χ0) is 15.2. The standard InChI is InChI=1S/C16H16BrNO3/c1-2-21-16(20)12-6-3-5-11(9-12)14(19)10-13-7-4-8-15(17)18-13/h3-9,14,19H,2,10H2,1H3/t14-/m0/s1. The Morgan fingerprint density at radius 3 is 2.81 bits per heavy atom. The molecular formula is C16H16BrNO3. The highest BCUT2D eigenvalue weighted by atomic mass is 79.9. The van der Waals surface area contributed by atoms with Crippen molar-refractivity contribution in [3.05, 3.63) is 63.9 Å². The first-order valence-electron chi connectivity index (χ1n) is 6.66. The van der Waals surface area contributed by atoms with Gasteiger partial charge in [-0.05, 0) is 52.7 Å². The van der Waals surface area contributed by atoms with Gasteiger partial charge in [-0.1, -0.05) is 18.2 Å². The average molecular weight is 350 g/mol. The highest BCUT2D eigenvalue weighted by molar-refractivity contribution is 9.10. The topological polar surface area (TPSA) is 59.4 Å². The summed E-state index contributed by atoms with van der Waals surface area (Å²) in [5.41, 5.74) is 1.89. The van der Waals surface area contributed by atoms with Crippen molar-refractivity contribution < 1.29 is 14.6 Å². The van der Waals surface area contributed by atoms with Gasteiger partial charge in [0.1, 0.15) is 4.60 Å². The van der Waals surface area contributed by atoms with Crippen molar-refractivity contribution in [2.45, 2.75) is 19.4 Å². The molecule has 0 radical (unpaired) electrons. The number of benzene rings is 1. The number of aliphatic hydroxyl groups excluding tert-OH is 1. The summed E-state index contributed by atoms with van der Waals surface area (Å²) < 4.78 is 5.69. The lowest BCUT2D eigenvalue weighted by atomic mass is 10.0. The number of carbonyl (C=O) groups is 1. The zero-order valence-corrected chi connectivity index (χ0v) is 13.2. The molecule has 2 aromatic rings. The first kappa shape index (κ1) is 15.7. The maximum atomic E-state index is 11.7. The number of hydrogen-bond acceptors (Lipinski definition) is 4. The van der Waals surface area contributed by atoms with Crippen molar-refractivity contribution in [2.75, 3.05) is 6.61 Å². The van der Waals surface area contributed by atoms with E-state index in [2.05, 4.69) is 20.9 Å². The van der Waals surface area contributed by atoms with Crippen molar-refractivity contribution in [3.8, 4) is 0 Å². The first-order chi connectivity index (χ1) is 10.1. The fraction of sp³-hybridized carbons (Fsp3) is 0.250. The largest absolute Gasteiger partial charge is 0.462 e. The quantitative estimate of drug-likeness (QED) is 0.664. The molecule has 1 aromatic carbocycles. The fourth-order valence-corrected chi connectivity index (χ4v) is 2.35. The number of esters is 1. The molecule has 1 aromatic heterocycles. The Morgan fingerprint density at radius 1 is 1.33 bits per heavy atom. The van der Waals surface area contributed by atoms with Crippen LogP contribution in [0.3, 0.4) is 0 Å². The van der Waals surface area contributed by atoms with E-state index in [9.17, 15) is 9.90 Å². The van der Waals surface area contributed by atoms with Gasteiger partial charge in [0.15, 0.2) is 0 Å². The van der Waals surface area contributed by atoms with Crippen LogP contribution in [0.25, 0.3) is 0 Å². The Labute approximate surface area is 131 Å². The van der Waals surface area contributed by atoms with E-state index in [0.29, 0.717) is 24.2 Å². The Balaban J connectivity index is 2.14. The minimum Gasteiger partial charge on any atom is -0.462 e. The van der Waals surface area contributed by atoms with Crippen molar-refractivity contribution in [3.63, 3.8) is 0 Å². The van der Waals surface area contributed by atoms with Crippen LogP contribution in [0.5, 0.6) is 0 Å². The van der Waals surface area contributed by atoms with Crippen molar-refractivity contribution >= 4 is 21.9 Å². The number of ether oxygens (including phenoxy) is 1. The minimum absolute atomic E-state index is 0.327. The second-order valence-corrected chi connectivity index (χ2v) is 5.33. The van der Waals surface area contributed by atoms with Crippen LogP contribution in [0, 0.1) is 0 Å². The molecule has 0 amide bonds. The average Bonchev–Trinajstić information content (AvgIpc) is 2.47. The van der Waals surface area contributed by atoms with Crippen LogP contribution in [0.4, 0.5) is 0 Å². The Hall–Kier alpha value is -1.72. The predicted molar refractivity (Wildman–Crippen MR) is 83.0 cm³/mol. The van der Waals surface area contributed by atoms with Crippen LogP contribution < -0.4 is 0 Å². The van der Waals surface area contributed by atoms with Crippen LogP contribution in [-0.4, -0.2) is 22.7 Å². The summed E-state index contributed by atoms with van der Waals surface area (Å²) in [6, 6.07) is 12.4. The predicted octanol–water partition coefficient (Wildman–Crippen LogP) is 3.30. The van der Waals surface area contributed by atoms with E-state index in [0.717, 1.165) is 10.3 Å². The molecule has 0 fully saturated rings. The maximum absolute atomic E-state index is 11.7. The monoisotopic (exact) mass is 349 g/mol. The molecule has 0 aliphatic heterocycles. The van der Waals surface area contributed by atoms with E-state index in [-0.39, 0.29) is 5.97 Å². The molecule has 0 aliphatic carbocycles. The molecular weight excluding hydrogens is 334 g/mol. The molecule has 21 heavy (non-hydrogen) atoms. The third-order valence-corrected chi connectivity index (χ3v) is 3.40. The van der Waals surface area contributed by atoms with Gasteiger partial charge in [-0.3, -0.25) is 0 Å². The van der Waals surface area contributed by atoms with Gasteiger partial charge < -0.3 is 9.84 Å². The lowest BCUT2D eigenvalue weighted by Crippen LogP contribution is -2.08. The molecule has 0 unspecified atom stereocenters. The molecule has 4 nitrogen and oxygen atoms in total. The highest BCUT2D eigenvalue weighted by Crippen LogP contribution is 2.20. The molecule has 1 atom stereocenters. The number of rotatable bonds is 5. The van der Waals surface area contributed by atoms with Crippen LogP contribution in [-0.2, 0) is 11.2 Å². The molecule has 110 valence electrons.